The van der Waals surface area contributed by atoms with E-state index in [0.29, 0.717) is 49.9 Å². The second kappa shape index (κ2) is 11.3. The average molecular weight is 537 g/mol. The normalized spacial score (nSPS) is 13.6. The van der Waals surface area contributed by atoms with Crippen LogP contribution >= 0.6 is 0 Å². The third kappa shape index (κ3) is 5.46. The fraction of sp³-hybridized carbons (Fsp3) is 0.290. The quantitative estimate of drug-likeness (QED) is 0.289. The first-order chi connectivity index (χ1) is 19.6. The molecule has 0 spiro atoms. The van der Waals surface area contributed by atoms with Gasteiger partial charge in [-0.2, -0.15) is 0 Å². The number of ether oxygens (including phenoxy) is 2. The average Bonchev–Trinajstić information content (AvgIpc) is 3.42. The number of nitrogens with one attached hydrogen (secondary N) is 1. The van der Waals surface area contributed by atoms with Crippen LogP contribution in [-0.4, -0.2) is 43.3 Å². The maximum absolute atomic E-state index is 13.3. The Labute approximate surface area is 232 Å². The van der Waals surface area contributed by atoms with Crippen molar-refractivity contribution in [1.29, 1.82) is 0 Å². The van der Waals surface area contributed by atoms with Gasteiger partial charge in [-0.1, -0.05) is 67.1 Å². The summed E-state index contributed by atoms with van der Waals surface area (Å²) in [6.07, 6.45) is 0.769. The fourth-order valence-corrected chi connectivity index (χ4v) is 5.25. The van der Waals surface area contributed by atoms with E-state index in [4.69, 9.17) is 9.47 Å². The molecule has 0 radical (unpaired) electrons. The van der Waals surface area contributed by atoms with Gasteiger partial charge in [-0.25, -0.2) is 4.68 Å². The van der Waals surface area contributed by atoms with E-state index in [1.807, 2.05) is 41.1 Å². The summed E-state index contributed by atoms with van der Waals surface area (Å²) >= 11 is 0. The zero-order chi connectivity index (χ0) is 27.5. The van der Waals surface area contributed by atoms with E-state index in [1.165, 1.54) is 5.56 Å². The predicted molar refractivity (Wildman–Crippen MR) is 152 cm³/mol. The monoisotopic (exact) mass is 536 g/mol. The number of pyridine rings is 1. The Morgan fingerprint density at radius 3 is 2.45 bits per heavy atom. The van der Waals surface area contributed by atoms with Gasteiger partial charge in [0.15, 0.2) is 17.3 Å². The minimum atomic E-state index is -0.128. The molecule has 9 nitrogen and oxygen atoms in total. The number of aromatic nitrogens is 5. The molecule has 9 heteroatoms. The summed E-state index contributed by atoms with van der Waals surface area (Å²) in [6.45, 7) is 6.84. The largest absolute Gasteiger partial charge is 0.486 e. The molecule has 2 aromatic heterocycles. The Morgan fingerprint density at radius 1 is 0.950 bits per heavy atom. The number of hydrogen-bond donors (Lipinski definition) is 1. The van der Waals surface area contributed by atoms with Crippen LogP contribution in [0.25, 0.3) is 10.9 Å². The van der Waals surface area contributed by atoms with Crippen LogP contribution < -0.4 is 15.0 Å². The molecule has 5 aromatic rings. The summed E-state index contributed by atoms with van der Waals surface area (Å²) in [4.78, 5) is 18.7. The van der Waals surface area contributed by atoms with Crippen molar-refractivity contribution >= 4 is 10.9 Å². The molecule has 0 amide bonds. The lowest BCUT2D eigenvalue weighted by Crippen LogP contribution is -2.32. The lowest BCUT2D eigenvalue weighted by molar-refractivity contribution is 0.161. The number of nitrogens with zero attached hydrogens (tertiary/aromatic N) is 5. The van der Waals surface area contributed by atoms with Gasteiger partial charge in [0.05, 0.1) is 18.1 Å². The van der Waals surface area contributed by atoms with E-state index in [-0.39, 0.29) is 11.6 Å². The zero-order valence-electron chi connectivity index (χ0n) is 22.7. The van der Waals surface area contributed by atoms with Gasteiger partial charge in [0, 0.05) is 30.1 Å². The van der Waals surface area contributed by atoms with Crippen molar-refractivity contribution in [2.24, 2.45) is 0 Å². The van der Waals surface area contributed by atoms with E-state index < -0.39 is 0 Å². The number of aryl methyl sites for hydroxylation is 1. The van der Waals surface area contributed by atoms with Crippen molar-refractivity contribution in [2.75, 3.05) is 13.2 Å². The van der Waals surface area contributed by atoms with E-state index in [9.17, 15) is 4.79 Å². The van der Waals surface area contributed by atoms with Crippen LogP contribution in [-0.2, 0) is 19.6 Å². The SMILES string of the molecule is CC[C@H](c1nnnn1Cc1ccccc1)N(Cc1ccc(C)cc1)Cc1cc2cc3c(cc2[nH]c1=O)OCCO3. The Balaban J connectivity index is 1.37. The summed E-state index contributed by atoms with van der Waals surface area (Å²) < 4.78 is 13.4. The minimum Gasteiger partial charge on any atom is -0.486 e. The molecule has 0 aliphatic carbocycles. The summed E-state index contributed by atoms with van der Waals surface area (Å²) in [7, 11) is 0. The first-order valence-electron chi connectivity index (χ1n) is 13.6. The molecule has 3 heterocycles. The molecule has 40 heavy (non-hydrogen) atoms. The molecule has 1 N–H and O–H groups in total. The van der Waals surface area contributed by atoms with E-state index in [2.05, 4.69) is 75.7 Å². The maximum Gasteiger partial charge on any atom is 0.252 e. The van der Waals surface area contributed by atoms with Crippen LogP contribution in [0.1, 0.15) is 47.5 Å². The molecule has 3 aromatic carbocycles. The molecule has 0 saturated heterocycles. The zero-order valence-corrected chi connectivity index (χ0v) is 22.7. The van der Waals surface area contributed by atoms with Gasteiger partial charge in [-0.3, -0.25) is 9.69 Å². The standard InChI is InChI=1S/C31H32N6O3/c1-3-27(30-33-34-35-37(30)19-22-7-5-4-6-8-22)36(18-23-11-9-21(2)10-12-23)20-25-15-24-16-28-29(40-14-13-39-28)17-26(24)32-31(25)38/h4-12,15-17,27H,3,13-14,18-20H2,1-2H3,(H,32,38)/t27-/m1/s1. The molecule has 6 rings (SSSR count). The highest BCUT2D eigenvalue weighted by molar-refractivity contribution is 5.83. The number of tetrazole rings is 1. The first kappa shape index (κ1) is 25.8. The Kier molecular flexibility index (Phi) is 7.29. The second-order valence-corrected chi connectivity index (χ2v) is 10.2. The lowest BCUT2D eigenvalue weighted by atomic mass is 10.1. The number of benzene rings is 3. The predicted octanol–water partition coefficient (Wildman–Crippen LogP) is 4.80. The van der Waals surface area contributed by atoms with Crippen molar-refractivity contribution in [3.05, 3.63) is 111 Å². The van der Waals surface area contributed by atoms with Gasteiger partial charge in [-0.05, 0) is 47.0 Å². The molecule has 0 fully saturated rings. The van der Waals surface area contributed by atoms with Crippen LogP contribution in [0.2, 0.25) is 0 Å². The molecule has 1 aliphatic heterocycles. The maximum atomic E-state index is 13.3. The number of aromatic amines is 1. The Hall–Kier alpha value is -4.50. The van der Waals surface area contributed by atoms with Crippen molar-refractivity contribution < 1.29 is 9.47 Å². The van der Waals surface area contributed by atoms with E-state index in [0.717, 1.165) is 34.3 Å². The van der Waals surface area contributed by atoms with Crippen LogP contribution in [0, 0.1) is 6.92 Å². The summed E-state index contributed by atoms with van der Waals surface area (Å²) in [6, 6.07) is 24.3. The summed E-state index contributed by atoms with van der Waals surface area (Å²) in [5, 5.41) is 13.7. The van der Waals surface area contributed by atoms with Crippen molar-refractivity contribution in [3.8, 4) is 11.5 Å². The Morgan fingerprint density at radius 2 is 1.70 bits per heavy atom. The fourth-order valence-electron chi connectivity index (χ4n) is 5.25. The van der Waals surface area contributed by atoms with Crippen LogP contribution in [0.4, 0.5) is 0 Å². The highest BCUT2D eigenvalue weighted by atomic mass is 16.6. The molecule has 0 saturated carbocycles. The van der Waals surface area contributed by atoms with Gasteiger partial charge in [0.2, 0.25) is 0 Å². The number of fused-ring (bicyclic) bond motifs is 2. The number of hydrogen-bond acceptors (Lipinski definition) is 7. The van der Waals surface area contributed by atoms with Gasteiger partial charge in [0.25, 0.3) is 5.56 Å². The van der Waals surface area contributed by atoms with Gasteiger partial charge < -0.3 is 14.5 Å². The van der Waals surface area contributed by atoms with Crippen molar-refractivity contribution in [2.45, 2.75) is 45.9 Å². The molecule has 1 atom stereocenters. The third-order valence-corrected chi connectivity index (χ3v) is 7.32. The van der Waals surface area contributed by atoms with Crippen LogP contribution in [0.15, 0.2) is 77.6 Å². The smallest absolute Gasteiger partial charge is 0.252 e. The molecular weight excluding hydrogens is 504 g/mol. The van der Waals surface area contributed by atoms with Gasteiger partial charge in [-0.15, -0.1) is 5.10 Å². The highest BCUT2D eigenvalue weighted by Gasteiger charge is 2.26. The van der Waals surface area contributed by atoms with Crippen LogP contribution in [0.3, 0.4) is 0 Å². The highest BCUT2D eigenvalue weighted by Crippen LogP contribution is 2.34. The summed E-state index contributed by atoms with van der Waals surface area (Å²) in [5.74, 6) is 2.12. The molecule has 0 bridgehead atoms. The van der Waals surface area contributed by atoms with E-state index >= 15 is 0 Å². The summed E-state index contributed by atoms with van der Waals surface area (Å²) in [5.41, 5.74) is 4.74. The molecule has 204 valence electrons. The Bertz CT molecular complexity index is 1660. The third-order valence-electron chi connectivity index (χ3n) is 7.32. The second-order valence-electron chi connectivity index (χ2n) is 10.2. The molecular formula is C31H32N6O3. The number of H-pyrrole nitrogens is 1. The first-order valence-corrected chi connectivity index (χ1v) is 13.6. The van der Waals surface area contributed by atoms with Gasteiger partial charge >= 0.3 is 0 Å². The number of rotatable bonds is 9. The van der Waals surface area contributed by atoms with Crippen molar-refractivity contribution in [3.63, 3.8) is 0 Å². The molecule has 0 unspecified atom stereocenters. The lowest BCUT2D eigenvalue weighted by Gasteiger charge is -2.30. The topological polar surface area (TPSA) is 98.2 Å². The molecule has 1 aliphatic rings. The minimum absolute atomic E-state index is 0.115. The van der Waals surface area contributed by atoms with Crippen molar-refractivity contribution in [1.82, 2.24) is 30.1 Å². The van der Waals surface area contributed by atoms with Gasteiger partial charge in [0.1, 0.15) is 13.2 Å². The van der Waals surface area contributed by atoms with E-state index in [1.54, 1.807) is 0 Å². The van der Waals surface area contributed by atoms with Crippen LogP contribution in [0.5, 0.6) is 11.5 Å².